The third-order valence-corrected chi connectivity index (χ3v) is 4.69. The SMILES string of the molecule is O=C1NCc2ccc(C(=O)Nc3ccc4cn[nH]c4c3Br)cc2N1. The van der Waals surface area contributed by atoms with Crippen LogP contribution in [-0.2, 0) is 6.54 Å². The fourth-order valence-corrected chi connectivity index (χ4v) is 3.15. The summed E-state index contributed by atoms with van der Waals surface area (Å²) in [6.45, 7) is 0.450. The van der Waals surface area contributed by atoms with Gasteiger partial charge in [-0.2, -0.15) is 5.10 Å². The quantitative estimate of drug-likeness (QED) is 0.544. The molecule has 4 rings (SSSR count). The number of anilines is 2. The van der Waals surface area contributed by atoms with Crippen molar-refractivity contribution >= 4 is 50.1 Å². The van der Waals surface area contributed by atoms with Gasteiger partial charge in [-0.3, -0.25) is 9.89 Å². The zero-order chi connectivity index (χ0) is 16.7. The Morgan fingerprint density at radius 1 is 1.25 bits per heavy atom. The van der Waals surface area contributed by atoms with Gasteiger partial charge < -0.3 is 16.0 Å². The van der Waals surface area contributed by atoms with Crippen LogP contribution in [0.2, 0.25) is 0 Å². The van der Waals surface area contributed by atoms with Crippen LogP contribution >= 0.6 is 15.9 Å². The molecule has 4 N–H and O–H groups in total. The smallest absolute Gasteiger partial charge is 0.319 e. The Morgan fingerprint density at radius 2 is 2.12 bits per heavy atom. The van der Waals surface area contributed by atoms with Gasteiger partial charge in [-0.15, -0.1) is 0 Å². The number of nitrogens with zero attached hydrogens (tertiary/aromatic N) is 1. The van der Waals surface area contributed by atoms with Gasteiger partial charge in [-0.05, 0) is 45.8 Å². The highest BCUT2D eigenvalue weighted by atomic mass is 79.9. The lowest BCUT2D eigenvalue weighted by Crippen LogP contribution is -2.33. The molecule has 0 aliphatic carbocycles. The summed E-state index contributed by atoms with van der Waals surface area (Å²) in [4.78, 5) is 23.9. The van der Waals surface area contributed by atoms with E-state index in [0.29, 0.717) is 23.5 Å². The monoisotopic (exact) mass is 385 g/mol. The number of amides is 3. The van der Waals surface area contributed by atoms with Gasteiger partial charge in [0.2, 0.25) is 0 Å². The number of hydrogen-bond acceptors (Lipinski definition) is 3. The molecule has 1 aliphatic heterocycles. The lowest BCUT2D eigenvalue weighted by Gasteiger charge is -2.19. The molecule has 0 saturated heterocycles. The number of fused-ring (bicyclic) bond motifs is 2. The van der Waals surface area contributed by atoms with E-state index in [0.717, 1.165) is 20.9 Å². The Labute approximate surface area is 144 Å². The second kappa shape index (κ2) is 5.64. The van der Waals surface area contributed by atoms with Crippen LogP contribution in [0.3, 0.4) is 0 Å². The highest BCUT2D eigenvalue weighted by Gasteiger charge is 2.17. The molecule has 2 aromatic carbocycles. The van der Waals surface area contributed by atoms with Gasteiger partial charge in [-0.1, -0.05) is 6.07 Å². The molecular formula is C16H12BrN5O2. The maximum absolute atomic E-state index is 12.5. The van der Waals surface area contributed by atoms with Gasteiger partial charge >= 0.3 is 6.03 Å². The number of aromatic amines is 1. The minimum Gasteiger partial charge on any atom is -0.334 e. The summed E-state index contributed by atoms with van der Waals surface area (Å²) in [7, 11) is 0. The van der Waals surface area contributed by atoms with Crippen molar-refractivity contribution in [1.29, 1.82) is 0 Å². The summed E-state index contributed by atoms with van der Waals surface area (Å²) in [5.74, 6) is -0.259. The molecule has 3 aromatic rings. The molecule has 0 radical (unpaired) electrons. The predicted molar refractivity (Wildman–Crippen MR) is 94.0 cm³/mol. The molecule has 1 aromatic heterocycles. The number of carbonyl (C=O) groups excluding carboxylic acids is 2. The second-order valence-electron chi connectivity index (χ2n) is 5.40. The Bertz CT molecular complexity index is 982. The highest BCUT2D eigenvalue weighted by molar-refractivity contribution is 9.10. The Kier molecular flexibility index (Phi) is 3.46. The predicted octanol–water partition coefficient (Wildman–Crippen LogP) is 3.21. The zero-order valence-electron chi connectivity index (χ0n) is 12.3. The molecule has 0 saturated carbocycles. The van der Waals surface area contributed by atoms with Crippen LogP contribution in [0.1, 0.15) is 15.9 Å². The van der Waals surface area contributed by atoms with Crippen LogP contribution in [0.4, 0.5) is 16.2 Å². The van der Waals surface area contributed by atoms with Crippen LogP contribution in [0, 0.1) is 0 Å². The Balaban J connectivity index is 1.63. The van der Waals surface area contributed by atoms with Gasteiger partial charge in [0.1, 0.15) is 0 Å². The Morgan fingerprint density at radius 3 is 3.00 bits per heavy atom. The van der Waals surface area contributed by atoms with E-state index in [9.17, 15) is 9.59 Å². The number of aromatic nitrogens is 2. The number of rotatable bonds is 2. The maximum atomic E-state index is 12.5. The van der Waals surface area contributed by atoms with Crippen LogP contribution < -0.4 is 16.0 Å². The molecule has 0 fully saturated rings. The van der Waals surface area contributed by atoms with Crippen LogP contribution in [0.15, 0.2) is 41.0 Å². The third-order valence-electron chi connectivity index (χ3n) is 3.86. The summed E-state index contributed by atoms with van der Waals surface area (Å²) in [5.41, 5.74) is 3.50. The van der Waals surface area contributed by atoms with E-state index >= 15 is 0 Å². The van der Waals surface area contributed by atoms with Gasteiger partial charge in [0.25, 0.3) is 5.91 Å². The molecule has 24 heavy (non-hydrogen) atoms. The van der Waals surface area contributed by atoms with E-state index in [2.05, 4.69) is 42.1 Å². The van der Waals surface area contributed by atoms with Gasteiger partial charge in [-0.25, -0.2) is 4.79 Å². The van der Waals surface area contributed by atoms with E-state index in [-0.39, 0.29) is 11.9 Å². The largest absolute Gasteiger partial charge is 0.334 e. The van der Waals surface area contributed by atoms with Crippen molar-refractivity contribution < 1.29 is 9.59 Å². The van der Waals surface area contributed by atoms with Crippen molar-refractivity contribution in [1.82, 2.24) is 15.5 Å². The molecular weight excluding hydrogens is 374 g/mol. The fraction of sp³-hybridized carbons (Fsp3) is 0.0625. The highest BCUT2D eigenvalue weighted by Crippen LogP contribution is 2.30. The molecule has 3 amide bonds. The normalized spacial score (nSPS) is 13.1. The molecule has 2 heterocycles. The summed E-state index contributed by atoms with van der Waals surface area (Å²) >= 11 is 3.48. The summed E-state index contributed by atoms with van der Waals surface area (Å²) in [6.07, 6.45) is 1.71. The lowest BCUT2D eigenvalue weighted by molar-refractivity contribution is 0.102. The third kappa shape index (κ3) is 2.50. The van der Waals surface area contributed by atoms with E-state index in [1.165, 1.54) is 0 Å². The number of hydrogen-bond donors (Lipinski definition) is 4. The zero-order valence-corrected chi connectivity index (χ0v) is 13.9. The lowest BCUT2D eigenvalue weighted by atomic mass is 10.1. The van der Waals surface area contributed by atoms with Crippen LogP contribution in [0.5, 0.6) is 0 Å². The number of carbonyl (C=O) groups is 2. The molecule has 0 unspecified atom stereocenters. The summed E-state index contributed by atoms with van der Waals surface area (Å²) in [6, 6.07) is 8.64. The van der Waals surface area contributed by atoms with Crippen molar-refractivity contribution in [3.8, 4) is 0 Å². The van der Waals surface area contributed by atoms with E-state index in [1.54, 1.807) is 18.3 Å². The molecule has 0 atom stereocenters. The molecule has 0 bridgehead atoms. The van der Waals surface area contributed by atoms with Gasteiger partial charge in [0.05, 0.1) is 21.9 Å². The number of urea groups is 1. The van der Waals surface area contributed by atoms with Crippen LogP contribution in [0.25, 0.3) is 10.9 Å². The number of nitrogens with one attached hydrogen (secondary N) is 4. The van der Waals surface area contributed by atoms with E-state index in [4.69, 9.17) is 0 Å². The molecule has 1 aliphatic rings. The summed E-state index contributed by atoms with van der Waals surface area (Å²) < 4.78 is 0.737. The van der Waals surface area contributed by atoms with Crippen molar-refractivity contribution in [2.75, 3.05) is 10.6 Å². The first-order chi connectivity index (χ1) is 11.6. The first kappa shape index (κ1) is 14.7. The second-order valence-corrected chi connectivity index (χ2v) is 6.19. The average Bonchev–Trinajstić information content (AvgIpc) is 3.06. The molecule has 7 nitrogen and oxygen atoms in total. The van der Waals surface area contributed by atoms with Crippen molar-refractivity contribution in [3.63, 3.8) is 0 Å². The van der Waals surface area contributed by atoms with Crippen molar-refractivity contribution in [2.24, 2.45) is 0 Å². The van der Waals surface area contributed by atoms with E-state index in [1.807, 2.05) is 18.2 Å². The fourth-order valence-electron chi connectivity index (χ4n) is 2.60. The number of benzene rings is 2. The number of halogens is 1. The number of H-pyrrole nitrogens is 1. The van der Waals surface area contributed by atoms with E-state index < -0.39 is 0 Å². The first-order valence-corrected chi connectivity index (χ1v) is 8.02. The molecule has 8 heteroatoms. The first-order valence-electron chi connectivity index (χ1n) is 7.22. The molecule has 120 valence electrons. The minimum atomic E-state index is -0.271. The van der Waals surface area contributed by atoms with Crippen LogP contribution in [-0.4, -0.2) is 22.1 Å². The standard InChI is InChI=1S/C16H12BrN5O2/c17-13-11(4-3-10-7-19-22-14(10)13)20-15(23)8-1-2-9-6-18-16(24)21-12(9)5-8/h1-5,7H,6H2,(H,19,22)(H,20,23)(H2,18,21,24). The van der Waals surface area contributed by atoms with Crippen molar-refractivity contribution in [2.45, 2.75) is 6.54 Å². The van der Waals surface area contributed by atoms with Gasteiger partial charge in [0.15, 0.2) is 0 Å². The Hall–Kier alpha value is -2.87. The maximum Gasteiger partial charge on any atom is 0.319 e. The van der Waals surface area contributed by atoms with Crippen molar-refractivity contribution in [3.05, 3.63) is 52.1 Å². The minimum absolute atomic E-state index is 0.259. The summed E-state index contributed by atoms with van der Waals surface area (Å²) in [5, 5.41) is 16.1. The van der Waals surface area contributed by atoms with Gasteiger partial charge in [0, 0.05) is 23.2 Å². The topological polar surface area (TPSA) is 98.9 Å². The average molecular weight is 386 g/mol. The molecule has 0 spiro atoms.